The second-order valence-corrected chi connectivity index (χ2v) is 6.82. The van der Waals surface area contributed by atoms with Crippen molar-refractivity contribution in [3.8, 4) is 11.3 Å². The van der Waals surface area contributed by atoms with E-state index in [1.165, 1.54) is 18.2 Å². The summed E-state index contributed by atoms with van der Waals surface area (Å²) in [4.78, 5) is 22.7. The summed E-state index contributed by atoms with van der Waals surface area (Å²) < 4.78 is 11.8. The van der Waals surface area contributed by atoms with Gasteiger partial charge < -0.3 is 8.83 Å². The molecule has 4 aromatic rings. The number of carbonyl (C=O) groups is 1. The number of fused-ring (bicyclic) bond motifs is 1. The quantitative estimate of drug-likeness (QED) is 0.159. The minimum Gasteiger partial charge on any atom is -0.457 e. The van der Waals surface area contributed by atoms with Gasteiger partial charge in [0.05, 0.1) is 4.92 Å². The van der Waals surface area contributed by atoms with Crippen molar-refractivity contribution in [3.63, 3.8) is 0 Å². The van der Waals surface area contributed by atoms with E-state index < -0.39 is 4.92 Å². The highest BCUT2D eigenvalue weighted by atomic mass is 79.9. The van der Waals surface area contributed by atoms with Crippen LogP contribution in [0, 0.1) is 10.1 Å². The van der Waals surface area contributed by atoms with Crippen LogP contribution in [0.1, 0.15) is 16.3 Å². The third-order valence-electron chi connectivity index (χ3n) is 4.12. The Balaban J connectivity index is 1.54. The van der Waals surface area contributed by atoms with Crippen molar-refractivity contribution in [2.75, 3.05) is 0 Å². The fourth-order valence-electron chi connectivity index (χ4n) is 2.75. The van der Waals surface area contributed by atoms with Crippen molar-refractivity contribution in [1.82, 2.24) is 0 Å². The Kier molecular flexibility index (Phi) is 4.67. The van der Waals surface area contributed by atoms with Gasteiger partial charge in [0.2, 0.25) is 5.78 Å². The molecule has 0 aliphatic carbocycles. The van der Waals surface area contributed by atoms with E-state index in [-0.39, 0.29) is 17.2 Å². The van der Waals surface area contributed by atoms with Crippen LogP contribution in [0.4, 0.5) is 5.69 Å². The average Bonchev–Trinajstić information content (AvgIpc) is 3.33. The molecule has 2 aromatic heterocycles. The van der Waals surface area contributed by atoms with Gasteiger partial charge in [-0.1, -0.05) is 18.2 Å². The Labute approximate surface area is 167 Å². The number of nitrogens with zero attached hydrogens (tertiary/aromatic N) is 1. The van der Waals surface area contributed by atoms with E-state index in [2.05, 4.69) is 15.9 Å². The summed E-state index contributed by atoms with van der Waals surface area (Å²) in [5.41, 5.74) is 1.31. The summed E-state index contributed by atoms with van der Waals surface area (Å²) in [6.45, 7) is 0. The van der Waals surface area contributed by atoms with Crippen molar-refractivity contribution in [3.05, 3.63) is 92.8 Å². The van der Waals surface area contributed by atoms with Gasteiger partial charge in [-0.05, 0) is 58.4 Å². The molecule has 0 amide bonds. The van der Waals surface area contributed by atoms with Crippen molar-refractivity contribution < 1.29 is 18.6 Å². The van der Waals surface area contributed by atoms with Crippen LogP contribution >= 0.6 is 15.9 Å². The van der Waals surface area contributed by atoms with E-state index in [1.807, 2.05) is 18.2 Å². The molecule has 6 nitrogen and oxygen atoms in total. The fraction of sp³-hybridized carbons (Fsp3) is 0. The molecule has 0 saturated carbocycles. The van der Waals surface area contributed by atoms with Gasteiger partial charge in [0, 0.05) is 27.6 Å². The zero-order valence-corrected chi connectivity index (χ0v) is 15.9. The van der Waals surface area contributed by atoms with Gasteiger partial charge in [0.25, 0.3) is 5.69 Å². The minimum absolute atomic E-state index is 0.0151. The van der Waals surface area contributed by atoms with E-state index in [0.29, 0.717) is 27.1 Å². The molecule has 0 aliphatic heterocycles. The number of para-hydroxylation sites is 1. The lowest BCUT2D eigenvalue weighted by molar-refractivity contribution is -0.384. The van der Waals surface area contributed by atoms with E-state index in [9.17, 15) is 14.9 Å². The summed E-state index contributed by atoms with van der Waals surface area (Å²) in [6, 6.07) is 17.0. The van der Waals surface area contributed by atoms with Crippen LogP contribution in [0.3, 0.4) is 0 Å². The minimum atomic E-state index is -0.464. The summed E-state index contributed by atoms with van der Waals surface area (Å²) in [5, 5.41) is 11.7. The first-order chi connectivity index (χ1) is 13.5. The van der Waals surface area contributed by atoms with Crippen molar-refractivity contribution in [2.24, 2.45) is 0 Å². The standard InChI is InChI=1S/C21H12BrNO5/c22-17-12-14(23(25)26)5-8-16(17)20-10-7-15(27-20)6-9-18(24)21-11-13-3-1-2-4-19(13)28-21/h1-12H. The SMILES string of the molecule is O=C(C=Cc1ccc(-c2ccc([N+](=O)[O-])cc2Br)o1)c1cc2ccccc2o1. The number of non-ortho nitro benzene ring substituents is 1. The number of hydrogen-bond donors (Lipinski definition) is 0. The van der Waals surface area contributed by atoms with Crippen LogP contribution in [0.2, 0.25) is 0 Å². The Morgan fingerprint density at radius 2 is 1.86 bits per heavy atom. The predicted molar refractivity (Wildman–Crippen MR) is 108 cm³/mol. The molecule has 0 spiro atoms. The zero-order chi connectivity index (χ0) is 19.7. The highest BCUT2D eigenvalue weighted by Crippen LogP contribution is 2.32. The largest absolute Gasteiger partial charge is 0.457 e. The molecule has 28 heavy (non-hydrogen) atoms. The van der Waals surface area contributed by atoms with Gasteiger partial charge in [-0.3, -0.25) is 14.9 Å². The van der Waals surface area contributed by atoms with Gasteiger partial charge in [-0.25, -0.2) is 0 Å². The third kappa shape index (κ3) is 3.52. The number of nitro groups is 1. The summed E-state index contributed by atoms with van der Waals surface area (Å²) in [7, 11) is 0. The van der Waals surface area contributed by atoms with Crippen LogP contribution in [0.5, 0.6) is 0 Å². The number of nitro benzene ring substituents is 1. The van der Waals surface area contributed by atoms with Gasteiger partial charge in [0.1, 0.15) is 17.1 Å². The number of ketones is 1. The number of carbonyl (C=O) groups excluding carboxylic acids is 1. The van der Waals surface area contributed by atoms with E-state index >= 15 is 0 Å². The number of benzene rings is 2. The topological polar surface area (TPSA) is 86.5 Å². The molecular weight excluding hydrogens is 426 g/mol. The maximum absolute atomic E-state index is 12.3. The lowest BCUT2D eigenvalue weighted by Gasteiger charge is -2.00. The lowest BCUT2D eigenvalue weighted by atomic mass is 10.1. The molecule has 138 valence electrons. The number of halogens is 1. The average molecular weight is 438 g/mol. The molecular formula is C21H12BrNO5. The highest BCUT2D eigenvalue weighted by molar-refractivity contribution is 9.10. The van der Waals surface area contributed by atoms with Gasteiger partial charge in [-0.2, -0.15) is 0 Å². The Morgan fingerprint density at radius 1 is 1.04 bits per heavy atom. The molecule has 0 N–H and O–H groups in total. The zero-order valence-electron chi connectivity index (χ0n) is 14.3. The highest BCUT2D eigenvalue weighted by Gasteiger charge is 2.13. The van der Waals surface area contributed by atoms with Crippen molar-refractivity contribution in [2.45, 2.75) is 0 Å². The molecule has 7 heteroatoms. The molecule has 0 saturated heterocycles. The molecule has 0 unspecified atom stereocenters. The molecule has 0 atom stereocenters. The first kappa shape index (κ1) is 17.9. The summed E-state index contributed by atoms with van der Waals surface area (Å²) in [5.74, 6) is 0.982. The summed E-state index contributed by atoms with van der Waals surface area (Å²) in [6.07, 6.45) is 2.93. The number of rotatable bonds is 5. The van der Waals surface area contributed by atoms with Crippen molar-refractivity contribution >= 4 is 44.4 Å². The van der Waals surface area contributed by atoms with Crippen LogP contribution in [-0.2, 0) is 0 Å². The number of hydrogen-bond acceptors (Lipinski definition) is 5. The molecule has 0 radical (unpaired) electrons. The Morgan fingerprint density at radius 3 is 2.61 bits per heavy atom. The van der Waals surface area contributed by atoms with E-state index in [4.69, 9.17) is 8.83 Å². The fourth-order valence-corrected chi connectivity index (χ4v) is 3.31. The predicted octanol–water partition coefficient (Wildman–Crippen LogP) is 6.26. The Bertz CT molecular complexity index is 1200. The van der Waals surface area contributed by atoms with Crippen LogP contribution < -0.4 is 0 Å². The Hall–Kier alpha value is -3.45. The normalized spacial score (nSPS) is 11.3. The first-order valence-electron chi connectivity index (χ1n) is 8.26. The molecule has 2 heterocycles. The maximum atomic E-state index is 12.3. The summed E-state index contributed by atoms with van der Waals surface area (Å²) >= 11 is 3.32. The maximum Gasteiger partial charge on any atom is 0.270 e. The smallest absolute Gasteiger partial charge is 0.270 e. The van der Waals surface area contributed by atoms with Crippen LogP contribution in [-0.4, -0.2) is 10.7 Å². The van der Waals surface area contributed by atoms with Gasteiger partial charge in [0.15, 0.2) is 5.76 Å². The monoisotopic (exact) mass is 437 g/mol. The number of furan rings is 2. The third-order valence-corrected chi connectivity index (χ3v) is 4.78. The second kappa shape index (κ2) is 7.28. The van der Waals surface area contributed by atoms with Crippen LogP contribution in [0.15, 0.2) is 80.0 Å². The van der Waals surface area contributed by atoms with Gasteiger partial charge >= 0.3 is 0 Å². The first-order valence-corrected chi connectivity index (χ1v) is 9.06. The van der Waals surface area contributed by atoms with Gasteiger partial charge in [-0.15, -0.1) is 0 Å². The molecule has 0 fully saturated rings. The molecule has 2 aromatic carbocycles. The second-order valence-electron chi connectivity index (χ2n) is 5.97. The van der Waals surface area contributed by atoms with E-state index in [1.54, 1.807) is 36.4 Å². The van der Waals surface area contributed by atoms with Crippen LogP contribution in [0.25, 0.3) is 28.4 Å². The number of allylic oxidation sites excluding steroid dienone is 1. The molecule has 4 rings (SSSR count). The van der Waals surface area contributed by atoms with E-state index in [0.717, 1.165) is 5.39 Å². The molecule has 0 bridgehead atoms. The molecule has 0 aliphatic rings. The lowest BCUT2D eigenvalue weighted by Crippen LogP contribution is -1.90. The van der Waals surface area contributed by atoms with Crippen molar-refractivity contribution in [1.29, 1.82) is 0 Å².